The molecule has 2 unspecified atom stereocenters. The molecule has 1 aliphatic heterocycles. The molecule has 0 N–H and O–H groups in total. The Morgan fingerprint density at radius 1 is 1.31 bits per heavy atom. The normalized spacial score (nSPS) is 34.8. The second-order valence-electron chi connectivity index (χ2n) is 4.80. The molecule has 2 heteroatoms. The monoisotopic (exact) mass is 186 g/mol. The first-order chi connectivity index (χ1) is 5.96. The fourth-order valence-electron chi connectivity index (χ4n) is 1.88. The first-order valence-electron chi connectivity index (χ1n) is 5.28. The first-order valence-corrected chi connectivity index (χ1v) is 5.28. The maximum absolute atomic E-state index is 5.90. The van der Waals surface area contributed by atoms with Crippen molar-refractivity contribution in [1.29, 1.82) is 0 Å². The van der Waals surface area contributed by atoms with E-state index >= 15 is 0 Å². The Bertz CT molecular complexity index is 165. The van der Waals surface area contributed by atoms with Crippen LogP contribution in [0.2, 0.25) is 0 Å². The van der Waals surface area contributed by atoms with Gasteiger partial charge in [0, 0.05) is 12.3 Å². The van der Waals surface area contributed by atoms with E-state index in [9.17, 15) is 0 Å². The van der Waals surface area contributed by atoms with E-state index in [0.717, 1.165) is 13.0 Å². The molecule has 78 valence electrons. The van der Waals surface area contributed by atoms with E-state index < -0.39 is 0 Å². The molecule has 2 atom stereocenters. The minimum atomic E-state index is -0.312. The lowest BCUT2D eigenvalue weighted by molar-refractivity contribution is -0.205. The summed E-state index contributed by atoms with van der Waals surface area (Å²) in [7, 11) is 0. The van der Waals surface area contributed by atoms with Gasteiger partial charge in [-0.2, -0.15) is 0 Å². The summed E-state index contributed by atoms with van der Waals surface area (Å²) >= 11 is 0. The van der Waals surface area contributed by atoms with Gasteiger partial charge in [0.1, 0.15) is 0 Å². The molecular weight excluding hydrogens is 164 g/mol. The van der Waals surface area contributed by atoms with Gasteiger partial charge < -0.3 is 9.47 Å². The van der Waals surface area contributed by atoms with Crippen LogP contribution in [0, 0.1) is 11.8 Å². The Morgan fingerprint density at radius 3 is 2.23 bits per heavy atom. The maximum atomic E-state index is 5.90. The van der Waals surface area contributed by atoms with Gasteiger partial charge in [-0.05, 0) is 12.8 Å². The van der Waals surface area contributed by atoms with Crippen LogP contribution in [0.3, 0.4) is 0 Å². The quantitative estimate of drug-likeness (QED) is 0.674. The van der Waals surface area contributed by atoms with Crippen LogP contribution in [0.5, 0.6) is 0 Å². The van der Waals surface area contributed by atoms with Crippen LogP contribution in [-0.2, 0) is 9.47 Å². The van der Waals surface area contributed by atoms with Crippen molar-refractivity contribution in [3.63, 3.8) is 0 Å². The van der Waals surface area contributed by atoms with E-state index in [2.05, 4.69) is 34.6 Å². The summed E-state index contributed by atoms with van der Waals surface area (Å²) in [6.07, 6.45) is 1.25. The lowest BCUT2D eigenvalue weighted by Gasteiger charge is -2.33. The van der Waals surface area contributed by atoms with Crippen molar-refractivity contribution in [2.45, 2.75) is 52.9 Å². The highest BCUT2D eigenvalue weighted by Gasteiger charge is 2.42. The molecule has 0 aromatic rings. The molecule has 2 nitrogen and oxygen atoms in total. The summed E-state index contributed by atoms with van der Waals surface area (Å²) in [5.74, 6) is 0.737. The first kappa shape index (κ1) is 11.0. The van der Waals surface area contributed by atoms with Gasteiger partial charge in [0.25, 0.3) is 0 Å². The van der Waals surface area contributed by atoms with Crippen molar-refractivity contribution in [2.75, 3.05) is 6.61 Å². The zero-order valence-electron chi connectivity index (χ0n) is 9.46. The third-order valence-electron chi connectivity index (χ3n) is 2.54. The number of ether oxygens (including phenoxy) is 2. The van der Waals surface area contributed by atoms with E-state index in [-0.39, 0.29) is 11.9 Å². The molecule has 1 aliphatic rings. The molecule has 1 saturated heterocycles. The van der Waals surface area contributed by atoms with Gasteiger partial charge in [-0.15, -0.1) is 0 Å². The van der Waals surface area contributed by atoms with Gasteiger partial charge in [-0.3, -0.25) is 0 Å². The summed E-state index contributed by atoms with van der Waals surface area (Å²) < 4.78 is 11.7. The lowest BCUT2D eigenvalue weighted by atomic mass is 9.93. The molecule has 0 bridgehead atoms. The van der Waals surface area contributed by atoms with E-state index in [1.807, 2.05) is 0 Å². The van der Waals surface area contributed by atoms with Crippen LogP contribution in [0.1, 0.15) is 41.0 Å². The Morgan fingerprint density at radius 2 is 1.92 bits per heavy atom. The Balaban J connectivity index is 2.65. The number of rotatable bonds is 3. The molecule has 1 heterocycles. The van der Waals surface area contributed by atoms with Gasteiger partial charge in [-0.1, -0.05) is 27.7 Å². The molecule has 13 heavy (non-hydrogen) atoms. The topological polar surface area (TPSA) is 18.5 Å². The minimum Gasteiger partial charge on any atom is -0.347 e. The molecular formula is C11H22O2. The summed E-state index contributed by atoms with van der Waals surface area (Å²) in [6.45, 7) is 11.6. The summed E-state index contributed by atoms with van der Waals surface area (Å²) in [5.41, 5.74) is 0. The Hall–Kier alpha value is -0.0800. The van der Waals surface area contributed by atoms with Crippen molar-refractivity contribution in [3.8, 4) is 0 Å². The molecule has 0 radical (unpaired) electrons. The van der Waals surface area contributed by atoms with E-state index in [0.29, 0.717) is 11.8 Å². The maximum Gasteiger partial charge on any atom is 0.171 e. The highest BCUT2D eigenvalue weighted by Crippen LogP contribution is 2.36. The van der Waals surface area contributed by atoms with Crippen LogP contribution in [-0.4, -0.2) is 18.5 Å². The fourth-order valence-corrected chi connectivity index (χ4v) is 1.88. The molecule has 0 saturated carbocycles. The smallest absolute Gasteiger partial charge is 0.171 e. The van der Waals surface area contributed by atoms with E-state index in [4.69, 9.17) is 9.47 Å². The summed E-state index contributed by atoms with van der Waals surface area (Å²) in [5, 5.41) is 0. The summed E-state index contributed by atoms with van der Waals surface area (Å²) in [4.78, 5) is 0. The highest BCUT2D eigenvalue weighted by molar-refractivity contribution is 4.81. The average molecular weight is 186 g/mol. The molecule has 1 fully saturated rings. The van der Waals surface area contributed by atoms with Crippen LogP contribution >= 0.6 is 0 Å². The van der Waals surface area contributed by atoms with Gasteiger partial charge in [0.2, 0.25) is 0 Å². The molecule has 0 spiro atoms. The Labute approximate surface area is 81.6 Å². The molecule has 0 amide bonds. The molecule has 1 rings (SSSR count). The minimum absolute atomic E-state index is 0.251. The van der Waals surface area contributed by atoms with Crippen LogP contribution in [0.15, 0.2) is 0 Å². The molecule has 0 aromatic carbocycles. The van der Waals surface area contributed by atoms with E-state index in [1.165, 1.54) is 0 Å². The van der Waals surface area contributed by atoms with Crippen molar-refractivity contribution in [1.82, 2.24) is 0 Å². The second-order valence-corrected chi connectivity index (χ2v) is 4.80. The number of hydrogen-bond donors (Lipinski definition) is 0. The molecule has 0 aliphatic carbocycles. The largest absolute Gasteiger partial charge is 0.347 e. The summed E-state index contributed by atoms with van der Waals surface area (Å²) in [6, 6.07) is 0. The van der Waals surface area contributed by atoms with Gasteiger partial charge in [-0.25, -0.2) is 0 Å². The van der Waals surface area contributed by atoms with Gasteiger partial charge >= 0.3 is 0 Å². The van der Waals surface area contributed by atoms with Crippen LogP contribution in [0.4, 0.5) is 0 Å². The third-order valence-corrected chi connectivity index (χ3v) is 2.54. The van der Waals surface area contributed by atoms with E-state index in [1.54, 1.807) is 0 Å². The van der Waals surface area contributed by atoms with Gasteiger partial charge in [0.15, 0.2) is 5.79 Å². The van der Waals surface area contributed by atoms with Crippen LogP contribution in [0.25, 0.3) is 0 Å². The highest BCUT2D eigenvalue weighted by atomic mass is 16.7. The fraction of sp³-hybridized carbons (Fsp3) is 1.00. The SMILES string of the molecule is CC(C)CC1(C(C)C)OCC(C)O1. The zero-order chi connectivity index (χ0) is 10.1. The van der Waals surface area contributed by atoms with Crippen molar-refractivity contribution < 1.29 is 9.47 Å². The van der Waals surface area contributed by atoms with Gasteiger partial charge in [0.05, 0.1) is 12.7 Å². The molecule has 0 aromatic heterocycles. The second kappa shape index (κ2) is 3.97. The standard InChI is InChI=1S/C11H22O2/c1-8(2)6-11(9(3)4)12-7-10(5)13-11/h8-10H,6-7H2,1-5H3. The predicted octanol–water partition coefficient (Wildman–Crippen LogP) is 2.82. The number of hydrogen-bond acceptors (Lipinski definition) is 2. The lowest BCUT2D eigenvalue weighted by Crippen LogP contribution is -2.38. The van der Waals surface area contributed by atoms with Crippen molar-refractivity contribution in [3.05, 3.63) is 0 Å². The average Bonchev–Trinajstić information content (AvgIpc) is 2.31. The zero-order valence-corrected chi connectivity index (χ0v) is 9.46. The predicted molar refractivity (Wildman–Crippen MR) is 53.5 cm³/mol. The van der Waals surface area contributed by atoms with Crippen molar-refractivity contribution >= 4 is 0 Å². The van der Waals surface area contributed by atoms with Crippen molar-refractivity contribution in [2.24, 2.45) is 11.8 Å². The third kappa shape index (κ3) is 2.44. The Kier molecular flexibility index (Phi) is 3.36. The van der Waals surface area contributed by atoms with Crippen LogP contribution < -0.4 is 0 Å².